The van der Waals surface area contributed by atoms with Crippen LogP contribution in [-0.4, -0.2) is 15.4 Å². The molecule has 0 N–H and O–H groups in total. The summed E-state index contributed by atoms with van der Waals surface area (Å²) >= 11 is 0. The summed E-state index contributed by atoms with van der Waals surface area (Å²) in [5, 5.41) is 1.22. The minimum absolute atomic E-state index is 0.00111. The number of aromatic nitrogens is 1. The fraction of sp³-hybridized carbons (Fsp3) is 0.227. The van der Waals surface area contributed by atoms with Crippen LogP contribution in [0.5, 0.6) is 0 Å². The molecule has 0 unspecified atom stereocenters. The van der Waals surface area contributed by atoms with Crippen LogP contribution in [0.15, 0.2) is 71.9 Å². The molecule has 3 aromatic rings. The molecule has 3 heteroatoms. The standard InChI is InChI=1S/C22H22N2O/c1-15-16(2)22(25)24(13-17-9-5-4-6-10-17)21(15)19-14-23(3)20-12-8-7-11-18(19)20/h4-12,14,21H,13H2,1-3H3/t21-/m0/s1. The SMILES string of the molecule is CC1=C(C)[C@@H](c2cn(C)c3ccccc23)N(Cc2ccccc2)C1=O. The number of hydrogen-bond acceptors (Lipinski definition) is 1. The summed E-state index contributed by atoms with van der Waals surface area (Å²) in [6.45, 7) is 4.66. The van der Waals surface area contributed by atoms with Crippen LogP contribution in [-0.2, 0) is 18.4 Å². The molecule has 0 radical (unpaired) electrons. The Morgan fingerprint density at radius 1 is 0.960 bits per heavy atom. The average molecular weight is 330 g/mol. The molecule has 0 spiro atoms. The lowest BCUT2D eigenvalue weighted by molar-refractivity contribution is -0.127. The molecule has 2 aromatic carbocycles. The first-order valence-corrected chi connectivity index (χ1v) is 8.64. The highest BCUT2D eigenvalue weighted by molar-refractivity contribution is 5.98. The minimum Gasteiger partial charge on any atom is -0.350 e. The highest BCUT2D eigenvalue weighted by atomic mass is 16.2. The maximum atomic E-state index is 12.9. The van der Waals surface area contributed by atoms with Gasteiger partial charge in [0.2, 0.25) is 0 Å². The van der Waals surface area contributed by atoms with Crippen molar-refractivity contribution >= 4 is 16.8 Å². The maximum absolute atomic E-state index is 12.9. The van der Waals surface area contributed by atoms with Gasteiger partial charge < -0.3 is 9.47 Å². The molecule has 1 atom stereocenters. The van der Waals surface area contributed by atoms with Crippen LogP contribution in [0.1, 0.15) is 31.0 Å². The number of benzene rings is 2. The van der Waals surface area contributed by atoms with Gasteiger partial charge in [-0.1, -0.05) is 48.5 Å². The third-order valence-corrected chi connectivity index (χ3v) is 5.31. The van der Waals surface area contributed by atoms with Crippen LogP contribution >= 0.6 is 0 Å². The van der Waals surface area contributed by atoms with Crippen LogP contribution < -0.4 is 0 Å². The van der Waals surface area contributed by atoms with Crippen molar-refractivity contribution in [3.8, 4) is 0 Å². The molecular formula is C22H22N2O. The van der Waals surface area contributed by atoms with Gasteiger partial charge in [0, 0.05) is 41.8 Å². The number of rotatable bonds is 3. The minimum atomic E-state index is -0.00111. The summed E-state index contributed by atoms with van der Waals surface area (Å²) in [4.78, 5) is 14.9. The first-order chi connectivity index (χ1) is 12.1. The van der Waals surface area contributed by atoms with E-state index in [0.717, 1.165) is 16.7 Å². The topological polar surface area (TPSA) is 25.2 Å². The van der Waals surface area contributed by atoms with Crippen molar-refractivity contribution in [2.24, 2.45) is 7.05 Å². The molecule has 3 nitrogen and oxygen atoms in total. The number of fused-ring (bicyclic) bond motifs is 1. The van der Waals surface area contributed by atoms with Crippen molar-refractivity contribution in [3.63, 3.8) is 0 Å². The van der Waals surface area contributed by atoms with Crippen molar-refractivity contribution in [2.75, 3.05) is 0 Å². The van der Waals surface area contributed by atoms with E-state index in [1.807, 2.05) is 30.0 Å². The van der Waals surface area contributed by atoms with Gasteiger partial charge in [-0.25, -0.2) is 0 Å². The monoisotopic (exact) mass is 330 g/mol. The molecule has 1 aliphatic rings. The number of amides is 1. The summed E-state index contributed by atoms with van der Waals surface area (Å²) in [6, 6.07) is 18.6. The van der Waals surface area contributed by atoms with Gasteiger partial charge in [0.15, 0.2) is 0 Å². The summed E-state index contributed by atoms with van der Waals surface area (Å²) in [5.41, 5.74) is 5.58. The molecule has 1 aromatic heterocycles. The van der Waals surface area contributed by atoms with Crippen molar-refractivity contribution in [1.82, 2.24) is 9.47 Å². The second-order valence-electron chi connectivity index (χ2n) is 6.84. The van der Waals surface area contributed by atoms with Gasteiger partial charge in [-0.15, -0.1) is 0 Å². The van der Waals surface area contributed by atoms with E-state index in [4.69, 9.17) is 0 Å². The molecule has 4 rings (SSSR count). The highest BCUT2D eigenvalue weighted by Gasteiger charge is 2.37. The van der Waals surface area contributed by atoms with Crippen LogP contribution in [0, 0.1) is 0 Å². The molecule has 1 amide bonds. The van der Waals surface area contributed by atoms with E-state index in [9.17, 15) is 4.79 Å². The van der Waals surface area contributed by atoms with Crippen molar-refractivity contribution in [1.29, 1.82) is 0 Å². The summed E-state index contributed by atoms with van der Waals surface area (Å²) in [7, 11) is 2.07. The number of hydrogen-bond donors (Lipinski definition) is 0. The second-order valence-corrected chi connectivity index (χ2v) is 6.84. The Labute approximate surface area is 148 Å². The summed E-state index contributed by atoms with van der Waals surface area (Å²) in [5.74, 6) is 0.138. The predicted molar refractivity (Wildman–Crippen MR) is 101 cm³/mol. The maximum Gasteiger partial charge on any atom is 0.250 e. The summed E-state index contributed by atoms with van der Waals surface area (Å²) in [6.07, 6.45) is 2.17. The van der Waals surface area contributed by atoms with E-state index in [1.54, 1.807) is 0 Å². The fourth-order valence-electron chi connectivity index (χ4n) is 3.88. The van der Waals surface area contributed by atoms with Crippen LogP contribution in [0.4, 0.5) is 0 Å². The first kappa shape index (κ1) is 15.7. The van der Waals surface area contributed by atoms with E-state index in [2.05, 4.69) is 61.1 Å². The van der Waals surface area contributed by atoms with E-state index in [1.165, 1.54) is 16.5 Å². The lowest BCUT2D eigenvalue weighted by Crippen LogP contribution is -2.29. The number of carbonyl (C=O) groups excluding carboxylic acids is 1. The van der Waals surface area contributed by atoms with Crippen molar-refractivity contribution < 1.29 is 4.79 Å². The smallest absolute Gasteiger partial charge is 0.250 e. The third kappa shape index (κ3) is 2.47. The molecule has 2 heterocycles. The lowest BCUT2D eigenvalue weighted by atomic mass is 9.98. The van der Waals surface area contributed by atoms with Crippen molar-refractivity contribution in [3.05, 3.63) is 83.1 Å². The zero-order valence-corrected chi connectivity index (χ0v) is 14.9. The van der Waals surface area contributed by atoms with E-state index >= 15 is 0 Å². The Kier molecular flexibility index (Phi) is 3.72. The van der Waals surface area contributed by atoms with E-state index in [-0.39, 0.29) is 11.9 Å². The Bertz CT molecular complexity index is 982. The molecule has 0 saturated heterocycles. The largest absolute Gasteiger partial charge is 0.350 e. The van der Waals surface area contributed by atoms with Crippen LogP contribution in [0.3, 0.4) is 0 Å². The Hall–Kier alpha value is -2.81. The highest BCUT2D eigenvalue weighted by Crippen LogP contribution is 2.41. The third-order valence-electron chi connectivity index (χ3n) is 5.31. The molecule has 1 aliphatic heterocycles. The zero-order chi connectivity index (χ0) is 17.6. The first-order valence-electron chi connectivity index (χ1n) is 8.64. The molecule has 0 saturated carbocycles. The van der Waals surface area contributed by atoms with Gasteiger partial charge in [0.05, 0.1) is 6.04 Å². The van der Waals surface area contributed by atoms with Crippen molar-refractivity contribution in [2.45, 2.75) is 26.4 Å². The Balaban J connectivity index is 1.83. The van der Waals surface area contributed by atoms with Gasteiger partial charge >= 0.3 is 0 Å². The number of aryl methyl sites for hydroxylation is 1. The van der Waals surface area contributed by atoms with Gasteiger partial charge in [-0.2, -0.15) is 0 Å². The molecule has 0 bridgehead atoms. The average Bonchev–Trinajstić information content (AvgIpc) is 3.07. The summed E-state index contributed by atoms with van der Waals surface area (Å²) < 4.78 is 2.15. The Morgan fingerprint density at radius 2 is 1.64 bits per heavy atom. The molecular weight excluding hydrogens is 308 g/mol. The molecule has 126 valence electrons. The number of nitrogens with zero attached hydrogens (tertiary/aromatic N) is 2. The van der Waals surface area contributed by atoms with E-state index < -0.39 is 0 Å². The molecule has 0 aliphatic carbocycles. The molecule has 25 heavy (non-hydrogen) atoms. The molecule has 0 fully saturated rings. The second kappa shape index (κ2) is 5.92. The number of carbonyl (C=O) groups is 1. The van der Waals surface area contributed by atoms with Gasteiger partial charge in [-0.3, -0.25) is 4.79 Å². The van der Waals surface area contributed by atoms with Gasteiger partial charge in [-0.05, 0) is 31.1 Å². The Morgan fingerprint density at radius 3 is 2.40 bits per heavy atom. The zero-order valence-electron chi connectivity index (χ0n) is 14.9. The predicted octanol–water partition coefficient (Wildman–Crippen LogP) is 4.60. The van der Waals surface area contributed by atoms with Crippen LogP contribution in [0.2, 0.25) is 0 Å². The normalized spacial score (nSPS) is 17.8. The number of para-hydroxylation sites is 1. The van der Waals surface area contributed by atoms with Gasteiger partial charge in [0.25, 0.3) is 5.91 Å². The van der Waals surface area contributed by atoms with E-state index in [0.29, 0.717) is 6.54 Å². The van der Waals surface area contributed by atoms with Crippen LogP contribution in [0.25, 0.3) is 10.9 Å². The quantitative estimate of drug-likeness (QED) is 0.689. The van der Waals surface area contributed by atoms with Gasteiger partial charge in [0.1, 0.15) is 0 Å². The fourth-order valence-corrected chi connectivity index (χ4v) is 3.88. The lowest BCUT2D eigenvalue weighted by Gasteiger charge is -2.26.